The molecule has 3 saturated heterocycles. The number of furan rings is 3. The van der Waals surface area contributed by atoms with Crippen LogP contribution in [0.2, 0.25) is 0 Å². The number of rotatable bonds is 15. The summed E-state index contributed by atoms with van der Waals surface area (Å²) in [6.07, 6.45) is 16.5. The van der Waals surface area contributed by atoms with Gasteiger partial charge in [-0.15, -0.1) is 0 Å². The van der Waals surface area contributed by atoms with Crippen molar-refractivity contribution in [3.05, 3.63) is 193 Å². The Morgan fingerprint density at radius 3 is 1.28 bits per heavy atom. The molecule has 12 rings (SSSR count). The number of nitrogens with zero attached hydrogens (tertiary/aromatic N) is 6. The van der Waals surface area contributed by atoms with Crippen LogP contribution in [0.25, 0.3) is 34.0 Å². The molecule has 3 fully saturated rings. The van der Waals surface area contributed by atoms with E-state index < -0.39 is 29.4 Å². The smallest absolute Gasteiger partial charge is 0.543 e. The van der Waals surface area contributed by atoms with E-state index in [1.54, 1.807) is 134 Å². The van der Waals surface area contributed by atoms with Crippen LogP contribution in [-0.2, 0) is 22.3 Å². The molecule has 3 aliphatic rings. The van der Waals surface area contributed by atoms with Gasteiger partial charge in [-0.3, -0.25) is 35.2 Å². The maximum atomic E-state index is 13.1. The number of nitrogen functional groups attached to an aromatic ring is 2. The van der Waals surface area contributed by atoms with E-state index in [4.69, 9.17) is 34.2 Å². The van der Waals surface area contributed by atoms with E-state index in [1.165, 1.54) is 44.6 Å². The minimum absolute atomic E-state index is 0. The van der Waals surface area contributed by atoms with E-state index in [0.717, 1.165) is 103 Å². The molecule has 97 heavy (non-hydrogen) atoms. The number of aromatic nitrogens is 3. The molecule has 2 amide bonds. The fourth-order valence-corrected chi connectivity index (χ4v) is 10.8. The maximum absolute atomic E-state index is 13.1. The molecule has 0 radical (unpaired) electrons. The minimum atomic E-state index is -1.22. The number of anilines is 7. The quantitative estimate of drug-likeness (QED) is 0.0362. The second-order valence-electron chi connectivity index (χ2n) is 25.3. The second-order valence-corrected chi connectivity index (χ2v) is 25.3. The molecule has 3 aromatic carbocycles. The maximum Gasteiger partial charge on any atom is 1.00 e. The van der Waals surface area contributed by atoms with Crippen molar-refractivity contribution in [3.8, 4) is 34.0 Å². The molecular weight excluding hydrogens is 1230 g/mol. The molecule has 0 saturated carbocycles. The van der Waals surface area contributed by atoms with E-state index >= 15 is 0 Å². The predicted molar refractivity (Wildman–Crippen MR) is 371 cm³/mol. The van der Waals surface area contributed by atoms with Crippen LogP contribution in [0.5, 0.6) is 0 Å². The number of piperidine rings is 2. The number of hydrogen-bond acceptors (Lipinski definition) is 20. The van der Waals surface area contributed by atoms with Crippen LogP contribution in [0.1, 0.15) is 123 Å². The third-order valence-electron chi connectivity index (χ3n) is 15.6. The average Bonchev–Trinajstić information content (AvgIpc) is 1.79. The van der Waals surface area contributed by atoms with Crippen molar-refractivity contribution < 1.29 is 70.7 Å². The van der Waals surface area contributed by atoms with Crippen molar-refractivity contribution in [1.29, 1.82) is 0 Å². The Morgan fingerprint density at radius 1 is 0.485 bits per heavy atom. The van der Waals surface area contributed by atoms with Crippen molar-refractivity contribution in [2.45, 2.75) is 104 Å². The molecule has 0 aliphatic carbocycles. The summed E-state index contributed by atoms with van der Waals surface area (Å²) >= 11 is 0. The van der Waals surface area contributed by atoms with E-state index in [2.05, 4.69) is 45.6 Å². The molecule has 3 aliphatic heterocycles. The number of ketones is 2. The molecule has 7 N–H and O–H groups in total. The summed E-state index contributed by atoms with van der Waals surface area (Å²) in [5.41, 5.74) is 20.8. The molecule has 6 aromatic heterocycles. The largest absolute Gasteiger partial charge is 1.00 e. The number of pyridine rings is 3. The van der Waals surface area contributed by atoms with Crippen molar-refractivity contribution >= 4 is 69.5 Å². The molecule has 0 unspecified atom stereocenters. The van der Waals surface area contributed by atoms with E-state index in [-0.39, 0.29) is 49.0 Å². The normalized spacial score (nSPS) is 13.7. The molecule has 9 heterocycles. The van der Waals surface area contributed by atoms with Gasteiger partial charge in [0, 0.05) is 93.3 Å². The number of benzene rings is 3. The number of piperazine rings is 1. The summed E-state index contributed by atoms with van der Waals surface area (Å²) < 4.78 is 26.8. The molecule has 22 nitrogen and oxygen atoms in total. The van der Waals surface area contributed by atoms with Gasteiger partial charge >= 0.3 is 31.0 Å². The topological polar surface area (TPSA) is 303 Å². The van der Waals surface area contributed by atoms with Crippen LogP contribution in [0.4, 0.5) is 49.4 Å². The number of aromatic carboxylic acids is 1. The zero-order valence-corrected chi connectivity index (χ0v) is 56.2. The Labute approximate surface area is 577 Å². The summed E-state index contributed by atoms with van der Waals surface area (Å²) in [7, 11) is 0. The summed E-state index contributed by atoms with van der Waals surface area (Å²) in [5, 5.41) is 19.2. The van der Waals surface area contributed by atoms with Crippen LogP contribution in [0.15, 0.2) is 178 Å². The summed E-state index contributed by atoms with van der Waals surface area (Å²) in [4.78, 5) is 79.9. The van der Waals surface area contributed by atoms with Crippen molar-refractivity contribution in [1.82, 2.24) is 20.3 Å². The van der Waals surface area contributed by atoms with Gasteiger partial charge in [0.1, 0.15) is 39.9 Å². The number of nitrogens with one attached hydrogen (secondary N) is 3. The zero-order chi connectivity index (χ0) is 68.2. The number of carboxylic acid groups (broad SMARTS) is 1. The SMILES string of the molecule is CC(C)(C)OC(=O)Nc1ccc(-c2ccco2)cc1CC(=O)c1ccc(N2CCCCC2)cn1.CC(C)(C)OC(=O)Nc1ccc(-c2ccco2)cc1N.Nc1ccc(-c2ccco2)cc1CC(=O)c1ccc(N2CCNCC2)cn1.O=C([O-])c1ccc(N2CCCCC2)cn1.[Li+]. The van der Waals surface area contributed by atoms with Crippen LogP contribution < -0.4 is 66.1 Å². The second kappa shape index (κ2) is 34.5. The summed E-state index contributed by atoms with van der Waals surface area (Å²) in [5.74, 6) is 0.753. The zero-order valence-electron chi connectivity index (χ0n) is 56.2. The fourth-order valence-electron chi connectivity index (χ4n) is 10.8. The number of hydrogen-bond donors (Lipinski definition) is 5. The van der Waals surface area contributed by atoms with Crippen LogP contribution in [0.3, 0.4) is 0 Å². The monoisotopic (exact) mass is 1310 g/mol. The van der Waals surface area contributed by atoms with Gasteiger partial charge in [-0.05, 0) is 219 Å². The van der Waals surface area contributed by atoms with Gasteiger partial charge in [-0.2, -0.15) is 0 Å². The summed E-state index contributed by atoms with van der Waals surface area (Å²) in [6, 6.07) is 38.2. The Bertz CT molecular complexity index is 3990. The predicted octanol–water partition coefficient (Wildman–Crippen LogP) is 10.2. The van der Waals surface area contributed by atoms with E-state index in [0.29, 0.717) is 45.5 Å². The Hall–Kier alpha value is -10.1. The Kier molecular flexibility index (Phi) is 25.9. The number of Topliss-reactive ketones (excluding diaryl/α,β-unsaturated/α-hetero) is 2. The molecule has 23 heteroatoms. The summed E-state index contributed by atoms with van der Waals surface area (Å²) in [6.45, 7) is 18.7. The molecule has 0 spiro atoms. The van der Waals surface area contributed by atoms with E-state index in [1.807, 2.05) is 66.7 Å². The van der Waals surface area contributed by atoms with Crippen molar-refractivity contribution in [2.75, 3.05) is 89.2 Å². The van der Waals surface area contributed by atoms with Crippen LogP contribution in [-0.4, -0.2) is 108 Å². The minimum Gasteiger partial charge on any atom is -0.543 e. The number of amides is 2. The van der Waals surface area contributed by atoms with Crippen molar-refractivity contribution in [2.24, 2.45) is 0 Å². The third-order valence-corrected chi connectivity index (χ3v) is 15.6. The van der Waals surface area contributed by atoms with Crippen molar-refractivity contribution in [3.63, 3.8) is 0 Å². The van der Waals surface area contributed by atoms with Gasteiger partial charge in [0.15, 0.2) is 11.6 Å². The standard InChI is InChI=1S/C27H31N3O4.C21H22N4O2.C15H18N2O3.C11H14N2O2.Li/c1-27(2,3)34-26(32)29-22-11-9-19(25-8-7-15-33-25)16-20(22)17-24(31)23-12-10-21(18-28-23)30-13-5-4-6-14-30;22-18-5-3-15(21-2-1-11-27-21)12-16(18)13-20(26)19-6-4-17(14-24-19)25-9-7-23-8-10-25;1-15(2,3)20-14(18)17-12-7-6-10(9-11(12)16)13-5-4-8-19-13;14-11(15)10-5-4-9(8-12-10)13-6-2-1-3-7-13;/h7-12,15-16,18H,4-6,13-14,17H2,1-3H3,(H,29,32);1-6,11-12,14,23H,7-10,13,22H2;4-9H,16H2,1-3H3,(H,17,18);4-5,8H,1-3,6-7H2,(H,14,15);/q;;;;+1/p-1. The number of ether oxygens (including phenoxy) is 2. The molecule has 0 atom stereocenters. The molecule has 0 bridgehead atoms. The van der Waals surface area contributed by atoms with Gasteiger partial charge in [0.2, 0.25) is 0 Å². The van der Waals surface area contributed by atoms with Crippen LogP contribution in [0, 0.1) is 0 Å². The fraction of sp³-hybridized carbons (Fsp3) is 0.324. The average molecular weight is 1310 g/mol. The number of carbonyl (C=O) groups is 5. The third kappa shape index (κ3) is 21.9. The van der Waals surface area contributed by atoms with Gasteiger partial charge in [-0.25, -0.2) is 9.59 Å². The number of carbonyl (C=O) groups excluding carboxylic acids is 5. The first-order valence-corrected chi connectivity index (χ1v) is 32.3. The van der Waals surface area contributed by atoms with Gasteiger partial charge in [-0.1, -0.05) is 0 Å². The number of carboxylic acids is 1. The Balaban J connectivity index is 0.000000171. The van der Waals surface area contributed by atoms with Gasteiger partial charge < -0.3 is 64.1 Å². The molecule has 502 valence electrons. The first-order chi connectivity index (χ1) is 46.1. The first-order valence-electron chi connectivity index (χ1n) is 32.3. The number of nitrogens with two attached hydrogens (primary N) is 2. The van der Waals surface area contributed by atoms with E-state index in [9.17, 15) is 29.1 Å². The van der Waals surface area contributed by atoms with Gasteiger partial charge in [0.05, 0.1) is 77.5 Å². The molecule has 9 aromatic rings. The molecular formula is C74H84LiN11O11. The van der Waals surface area contributed by atoms with Crippen LogP contribution >= 0.6 is 0 Å². The first kappa shape index (κ1) is 72.7. The Morgan fingerprint density at radius 2 is 0.876 bits per heavy atom. The van der Waals surface area contributed by atoms with Gasteiger partial charge in [0.25, 0.3) is 0 Å².